The molecule has 1 aromatic carbocycles. The summed E-state index contributed by atoms with van der Waals surface area (Å²) in [5.41, 5.74) is 1.20. The third kappa shape index (κ3) is 3.89. The minimum absolute atomic E-state index is 0.00719. The number of ether oxygens (including phenoxy) is 1. The molecule has 1 aromatic rings. The van der Waals surface area contributed by atoms with E-state index in [-0.39, 0.29) is 23.8 Å². The van der Waals surface area contributed by atoms with Crippen LogP contribution < -0.4 is 10.1 Å². The maximum Gasteiger partial charge on any atom is 0.225 e. The molecule has 2 heterocycles. The van der Waals surface area contributed by atoms with Crippen molar-refractivity contribution in [1.82, 2.24) is 10.2 Å². The number of benzene rings is 1. The average molecular weight is 330 g/mol. The largest absolute Gasteiger partial charge is 0.488 e. The SMILES string of the molecule is CCCC(=O)N1CCC[C@H](C(=O)NC[C@H]2Cc3ccccc3O2)C1. The predicted molar refractivity (Wildman–Crippen MR) is 91.8 cm³/mol. The summed E-state index contributed by atoms with van der Waals surface area (Å²) in [5, 5.41) is 3.02. The quantitative estimate of drug-likeness (QED) is 0.900. The van der Waals surface area contributed by atoms with Crippen LogP contribution in [0.15, 0.2) is 24.3 Å². The van der Waals surface area contributed by atoms with Gasteiger partial charge >= 0.3 is 0 Å². The first-order chi connectivity index (χ1) is 11.7. The second kappa shape index (κ2) is 7.69. The van der Waals surface area contributed by atoms with E-state index in [4.69, 9.17) is 4.74 Å². The summed E-state index contributed by atoms with van der Waals surface area (Å²) >= 11 is 0. The minimum atomic E-state index is -0.0941. The van der Waals surface area contributed by atoms with Gasteiger partial charge in [0.2, 0.25) is 11.8 Å². The lowest BCUT2D eigenvalue weighted by Gasteiger charge is -2.32. The van der Waals surface area contributed by atoms with Gasteiger partial charge in [-0.1, -0.05) is 25.1 Å². The number of para-hydroxylation sites is 1. The number of carbonyl (C=O) groups excluding carboxylic acids is 2. The second-order valence-corrected chi connectivity index (χ2v) is 6.73. The van der Waals surface area contributed by atoms with Crippen molar-refractivity contribution in [3.8, 4) is 5.75 Å². The van der Waals surface area contributed by atoms with Crippen molar-refractivity contribution in [3.63, 3.8) is 0 Å². The van der Waals surface area contributed by atoms with Gasteiger partial charge in [-0.3, -0.25) is 9.59 Å². The Morgan fingerprint density at radius 2 is 2.17 bits per heavy atom. The topological polar surface area (TPSA) is 58.6 Å². The van der Waals surface area contributed by atoms with Gasteiger partial charge in [0.05, 0.1) is 12.5 Å². The number of hydrogen-bond acceptors (Lipinski definition) is 3. The zero-order valence-corrected chi connectivity index (χ0v) is 14.3. The van der Waals surface area contributed by atoms with Crippen LogP contribution in [0.5, 0.6) is 5.75 Å². The molecule has 5 nitrogen and oxygen atoms in total. The lowest BCUT2D eigenvalue weighted by Crippen LogP contribution is -2.46. The van der Waals surface area contributed by atoms with Crippen LogP contribution in [0.2, 0.25) is 0 Å². The number of nitrogens with zero attached hydrogens (tertiary/aromatic N) is 1. The molecule has 0 spiro atoms. The minimum Gasteiger partial charge on any atom is -0.488 e. The summed E-state index contributed by atoms with van der Waals surface area (Å²) in [7, 11) is 0. The second-order valence-electron chi connectivity index (χ2n) is 6.73. The zero-order valence-electron chi connectivity index (χ0n) is 14.3. The van der Waals surface area contributed by atoms with E-state index in [0.29, 0.717) is 19.5 Å². The Kier molecular flexibility index (Phi) is 5.38. The van der Waals surface area contributed by atoms with E-state index in [2.05, 4.69) is 11.4 Å². The highest BCUT2D eigenvalue weighted by molar-refractivity contribution is 5.81. The van der Waals surface area contributed by atoms with Crippen LogP contribution in [0.4, 0.5) is 0 Å². The Labute approximate surface area is 143 Å². The Bertz CT molecular complexity index is 577. The van der Waals surface area contributed by atoms with Crippen LogP contribution in [-0.2, 0) is 16.0 Å². The van der Waals surface area contributed by atoms with Gasteiger partial charge in [0.25, 0.3) is 0 Å². The first-order valence-corrected chi connectivity index (χ1v) is 8.97. The van der Waals surface area contributed by atoms with Crippen molar-refractivity contribution in [2.75, 3.05) is 19.6 Å². The molecule has 2 aliphatic rings. The Balaban J connectivity index is 1.46. The molecule has 1 fully saturated rings. The molecule has 2 atom stereocenters. The van der Waals surface area contributed by atoms with Gasteiger partial charge in [-0.05, 0) is 30.9 Å². The number of piperidine rings is 1. The molecule has 24 heavy (non-hydrogen) atoms. The highest BCUT2D eigenvalue weighted by atomic mass is 16.5. The van der Waals surface area contributed by atoms with E-state index in [0.717, 1.165) is 38.0 Å². The fraction of sp³-hybridized carbons (Fsp3) is 0.579. The number of carbonyl (C=O) groups is 2. The molecule has 3 rings (SSSR count). The fourth-order valence-electron chi connectivity index (χ4n) is 3.52. The molecular weight excluding hydrogens is 304 g/mol. The van der Waals surface area contributed by atoms with E-state index >= 15 is 0 Å². The van der Waals surface area contributed by atoms with Crippen molar-refractivity contribution in [2.45, 2.75) is 45.1 Å². The number of nitrogens with one attached hydrogen (secondary N) is 1. The van der Waals surface area contributed by atoms with E-state index < -0.39 is 0 Å². The molecule has 0 radical (unpaired) electrons. The molecule has 1 N–H and O–H groups in total. The van der Waals surface area contributed by atoms with Crippen molar-refractivity contribution in [1.29, 1.82) is 0 Å². The molecule has 0 aromatic heterocycles. The Morgan fingerprint density at radius 1 is 1.33 bits per heavy atom. The fourth-order valence-corrected chi connectivity index (χ4v) is 3.52. The smallest absolute Gasteiger partial charge is 0.225 e. The van der Waals surface area contributed by atoms with Gasteiger partial charge in [0.15, 0.2) is 0 Å². The molecule has 2 aliphatic heterocycles. The monoisotopic (exact) mass is 330 g/mol. The molecule has 2 amide bonds. The zero-order chi connectivity index (χ0) is 16.9. The normalized spacial score (nSPS) is 22.6. The molecule has 0 bridgehead atoms. The molecule has 0 aliphatic carbocycles. The van der Waals surface area contributed by atoms with Gasteiger partial charge in [-0.2, -0.15) is 0 Å². The molecule has 130 valence electrons. The van der Waals surface area contributed by atoms with Crippen LogP contribution in [0.25, 0.3) is 0 Å². The molecule has 1 saturated heterocycles. The number of likely N-dealkylation sites (tertiary alicyclic amines) is 1. The summed E-state index contributed by atoms with van der Waals surface area (Å²) < 4.78 is 5.86. The first-order valence-electron chi connectivity index (χ1n) is 8.97. The Hall–Kier alpha value is -2.04. The molecule has 0 saturated carbocycles. The molecule has 0 unspecified atom stereocenters. The summed E-state index contributed by atoms with van der Waals surface area (Å²) in [4.78, 5) is 26.3. The maximum absolute atomic E-state index is 12.4. The van der Waals surface area contributed by atoms with E-state index in [1.54, 1.807) is 0 Å². The standard InChI is InChI=1S/C19H26N2O3/c1-2-6-18(22)21-10-5-8-15(13-21)19(23)20-12-16-11-14-7-3-4-9-17(14)24-16/h3-4,7,9,15-16H,2,5-6,8,10-13H2,1H3,(H,20,23)/t15-,16+/m0/s1. The number of rotatable bonds is 5. The van der Waals surface area contributed by atoms with Crippen molar-refractivity contribution in [2.24, 2.45) is 5.92 Å². The van der Waals surface area contributed by atoms with Gasteiger partial charge in [0, 0.05) is 25.9 Å². The number of fused-ring (bicyclic) bond motifs is 1. The van der Waals surface area contributed by atoms with Crippen LogP contribution >= 0.6 is 0 Å². The van der Waals surface area contributed by atoms with E-state index in [1.165, 1.54) is 5.56 Å². The Morgan fingerprint density at radius 3 is 2.96 bits per heavy atom. The lowest BCUT2D eigenvalue weighted by atomic mass is 9.96. The highest BCUT2D eigenvalue weighted by Gasteiger charge is 2.29. The van der Waals surface area contributed by atoms with Crippen LogP contribution in [0, 0.1) is 5.92 Å². The summed E-state index contributed by atoms with van der Waals surface area (Å²) in [6.45, 7) is 3.86. The highest BCUT2D eigenvalue weighted by Crippen LogP contribution is 2.27. The molecular formula is C19H26N2O3. The van der Waals surface area contributed by atoms with Crippen molar-refractivity contribution < 1.29 is 14.3 Å². The van der Waals surface area contributed by atoms with E-state index in [1.807, 2.05) is 30.0 Å². The van der Waals surface area contributed by atoms with Crippen molar-refractivity contribution in [3.05, 3.63) is 29.8 Å². The molecule has 5 heteroatoms. The van der Waals surface area contributed by atoms with Gasteiger partial charge in [-0.25, -0.2) is 0 Å². The van der Waals surface area contributed by atoms with Crippen LogP contribution in [0.1, 0.15) is 38.2 Å². The third-order valence-corrected chi connectivity index (χ3v) is 4.83. The maximum atomic E-state index is 12.4. The van der Waals surface area contributed by atoms with Gasteiger partial charge in [0.1, 0.15) is 11.9 Å². The van der Waals surface area contributed by atoms with Crippen LogP contribution in [-0.4, -0.2) is 42.5 Å². The summed E-state index contributed by atoms with van der Waals surface area (Å²) in [6, 6.07) is 8.00. The van der Waals surface area contributed by atoms with Crippen LogP contribution in [0.3, 0.4) is 0 Å². The first kappa shape index (κ1) is 16.8. The van der Waals surface area contributed by atoms with Crippen molar-refractivity contribution >= 4 is 11.8 Å². The summed E-state index contributed by atoms with van der Waals surface area (Å²) in [6.07, 6.45) is 4.02. The van der Waals surface area contributed by atoms with E-state index in [9.17, 15) is 9.59 Å². The number of amides is 2. The summed E-state index contributed by atoms with van der Waals surface area (Å²) in [5.74, 6) is 1.04. The average Bonchev–Trinajstić information content (AvgIpc) is 3.03. The lowest BCUT2D eigenvalue weighted by molar-refractivity contribution is -0.135. The third-order valence-electron chi connectivity index (χ3n) is 4.83. The van der Waals surface area contributed by atoms with Gasteiger partial charge < -0.3 is 15.0 Å². The number of hydrogen-bond donors (Lipinski definition) is 1. The predicted octanol–water partition coefficient (Wildman–Crippen LogP) is 2.14. The van der Waals surface area contributed by atoms with Gasteiger partial charge in [-0.15, -0.1) is 0 Å².